The number of unbranched alkanes of at least 4 members (excludes halogenated alkanes) is 8. The van der Waals surface area contributed by atoms with E-state index < -0.39 is 47.3 Å². The molecule has 0 aliphatic heterocycles. The summed E-state index contributed by atoms with van der Waals surface area (Å²) in [6.07, 6.45) is 9.61. The Morgan fingerprint density at radius 3 is 1.54 bits per heavy atom. The van der Waals surface area contributed by atoms with Gasteiger partial charge >= 0.3 is 23.9 Å². The fourth-order valence-electron chi connectivity index (χ4n) is 4.44. The Kier molecular flexibility index (Phi) is 14.9. The van der Waals surface area contributed by atoms with E-state index in [4.69, 9.17) is 14.2 Å². The van der Waals surface area contributed by atoms with Crippen LogP contribution in [0.1, 0.15) is 110 Å². The number of hydrogen-bond acceptors (Lipinski definition) is 6. The SMILES string of the molecule is CCCCCCCCC(CCCCCCc1c(F)cc(F)cc1F)C(OC(C)=O)(OC(C)=O)OC(C)=O. The van der Waals surface area contributed by atoms with Crippen molar-refractivity contribution in [3.63, 3.8) is 0 Å². The van der Waals surface area contributed by atoms with Crippen molar-refractivity contribution in [1.82, 2.24) is 0 Å². The van der Waals surface area contributed by atoms with Crippen LogP contribution >= 0.6 is 0 Å². The maximum absolute atomic E-state index is 13.8. The summed E-state index contributed by atoms with van der Waals surface area (Å²) >= 11 is 0. The van der Waals surface area contributed by atoms with Crippen molar-refractivity contribution >= 4 is 17.9 Å². The number of carbonyl (C=O) groups is 3. The van der Waals surface area contributed by atoms with Gasteiger partial charge in [0, 0.05) is 38.5 Å². The summed E-state index contributed by atoms with van der Waals surface area (Å²) in [4.78, 5) is 35.7. The van der Waals surface area contributed by atoms with E-state index in [-0.39, 0.29) is 12.0 Å². The third-order valence-corrected chi connectivity index (χ3v) is 6.10. The molecule has 0 aliphatic carbocycles. The van der Waals surface area contributed by atoms with E-state index in [1.807, 2.05) is 0 Å². The van der Waals surface area contributed by atoms with Crippen LogP contribution in [-0.4, -0.2) is 23.9 Å². The smallest absolute Gasteiger partial charge is 0.388 e. The summed E-state index contributed by atoms with van der Waals surface area (Å²) in [5.41, 5.74) is -0.138. The van der Waals surface area contributed by atoms with Crippen LogP contribution in [0, 0.1) is 23.4 Å². The van der Waals surface area contributed by atoms with Crippen LogP contribution in [0.15, 0.2) is 12.1 Å². The maximum atomic E-state index is 13.8. The van der Waals surface area contributed by atoms with Gasteiger partial charge in [0.2, 0.25) is 0 Å². The van der Waals surface area contributed by atoms with Gasteiger partial charge in [-0.3, -0.25) is 14.4 Å². The highest BCUT2D eigenvalue weighted by Gasteiger charge is 2.49. The lowest BCUT2D eigenvalue weighted by Gasteiger charge is -2.36. The number of halogens is 3. The average Bonchev–Trinajstić information content (AvgIpc) is 2.76. The molecule has 6 nitrogen and oxygen atoms in total. The highest BCUT2D eigenvalue weighted by molar-refractivity contribution is 5.70. The molecule has 0 N–H and O–H groups in total. The summed E-state index contributed by atoms with van der Waals surface area (Å²) < 4.78 is 56.8. The maximum Gasteiger partial charge on any atom is 0.426 e. The largest absolute Gasteiger partial charge is 0.426 e. The van der Waals surface area contributed by atoms with Gasteiger partial charge in [0.05, 0.1) is 5.92 Å². The Labute approximate surface area is 218 Å². The third-order valence-electron chi connectivity index (χ3n) is 6.10. The minimum absolute atomic E-state index is 0.136. The van der Waals surface area contributed by atoms with Crippen LogP contribution in [0.4, 0.5) is 13.2 Å². The number of ether oxygens (including phenoxy) is 3. The molecule has 0 bridgehead atoms. The van der Waals surface area contributed by atoms with Gasteiger partial charge in [-0.1, -0.05) is 64.7 Å². The second-order valence-electron chi connectivity index (χ2n) is 9.44. The van der Waals surface area contributed by atoms with E-state index in [0.717, 1.165) is 59.3 Å². The van der Waals surface area contributed by atoms with Crippen LogP contribution in [0.2, 0.25) is 0 Å². The average molecular weight is 531 g/mol. The molecule has 1 aromatic carbocycles. The first-order chi connectivity index (χ1) is 17.5. The highest BCUT2D eigenvalue weighted by Crippen LogP contribution is 2.35. The Hall–Kier alpha value is -2.58. The molecule has 210 valence electrons. The molecular formula is C28H41F3O6. The Morgan fingerprint density at radius 2 is 1.11 bits per heavy atom. The van der Waals surface area contributed by atoms with Crippen molar-refractivity contribution in [3.05, 3.63) is 35.1 Å². The van der Waals surface area contributed by atoms with E-state index in [9.17, 15) is 27.6 Å². The van der Waals surface area contributed by atoms with E-state index >= 15 is 0 Å². The summed E-state index contributed by atoms with van der Waals surface area (Å²) in [6.45, 7) is 5.58. The van der Waals surface area contributed by atoms with Crippen LogP contribution in [0.25, 0.3) is 0 Å². The topological polar surface area (TPSA) is 78.9 Å². The lowest BCUT2D eigenvalue weighted by atomic mass is 9.91. The second-order valence-corrected chi connectivity index (χ2v) is 9.44. The van der Waals surface area contributed by atoms with E-state index in [1.54, 1.807) is 0 Å². The molecule has 0 saturated carbocycles. The van der Waals surface area contributed by atoms with Gasteiger partial charge in [-0.25, -0.2) is 13.2 Å². The predicted molar refractivity (Wildman–Crippen MR) is 133 cm³/mol. The first kappa shape index (κ1) is 32.4. The van der Waals surface area contributed by atoms with E-state index in [0.29, 0.717) is 50.7 Å². The minimum atomic E-state index is -2.15. The monoisotopic (exact) mass is 530 g/mol. The molecule has 0 spiro atoms. The number of benzene rings is 1. The van der Waals surface area contributed by atoms with Crippen LogP contribution in [-0.2, 0) is 35.0 Å². The van der Waals surface area contributed by atoms with E-state index in [1.165, 1.54) is 0 Å². The quantitative estimate of drug-likeness (QED) is 0.113. The normalized spacial score (nSPS) is 12.2. The molecule has 0 heterocycles. The molecule has 1 aromatic rings. The van der Waals surface area contributed by atoms with Crippen molar-refractivity contribution in [2.75, 3.05) is 0 Å². The summed E-state index contributed by atoms with van der Waals surface area (Å²) in [6, 6.07) is 1.34. The third kappa shape index (κ3) is 12.5. The Balaban J connectivity index is 2.84. The zero-order chi connectivity index (χ0) is 27.8. The van der Waals surface area contributed by atoms with Gasteiger partial charge in [-0.15, -0.1) is 0 Å². The Morgan fingerprint density at radius 1 is 0.703 bits per heavy atom. The van der Waals surface area contributed by atoms with Crippen molar-refractivity contribution in [3.8, 4) is 0 Å². The van der Waals surface area contributed by atoms with Gasteiger partial charge < -0.3 is 14.2 Å². The van der Waals surface area contributed by atoms with Crippen LogP contribution in [0.3, 0.4) is 0 Å². The number of hydrogen-bond donors (Lipinski definition) is 0. The van der Waals surface area contributed by atoms with Gasteiger partial charge in [0.25, 0.3) is 0 Å². The first-order valence-corrected chi connectivity index (χ1v) is 13.2. The molecule has 0 aliphatic rings. The predicted octanol–water partition coefficient (Wildman–Crippen LogP) is 7.31. The Bertz CT molecular complexity index is 810. The summed E-state index contributed by atoms with van der Waals surface area (Å²) in [5.74, 6) is -7.73. The standard InChI is InChI=1S/C28H41F3O6/c1-5-6-7-8-9-12-15-23(28(35-20(2)32,36-21(3)33)37-22(4)34)16-13-10-11-14-17-25-26(30)18-24(29)19-27(25)31/h18-19,23H,5-17H2,1-4H3. The van der Waals surface area contributed by atoms with Crippen molar-refractivity contribution in [2.45, 2.75) is 117 Å². The molecule has 0 radical (unpaired) electrons. The van der Waals surface area contributed by atoms with Gasteiger partial charge in [-0.2, -0.15) is 0 Å². The lowest BCUT2D eigenvalue weighted by Crippen LogP contribution is -2.49. The molecule has 1 atom stereocenters. The van der Waals surface area contributed by atoms with Gasteiger partial charge in [-0.05, 0) is 25.7 Å². The van der Waals surface area contributed by atoms with Gasteiger partial charge in [0.1, 0.15) is 17.5 Å². The molecule has 0 amide bonds. The van der Waals surface area contributed by atoms with Crippen LogP contribution in [0.5, 0.6) is 0 Å². The number of carbonyl (C=O) groups excluding carboxylic acids is 3. The first-order valence-electron chi connectivity index (χ1n) is 13.2. The molecule has 1 rings (SSSR count). The summed E-state index contributed by atoms with van der Waals surface area (Å²) in [7, 11) is 0. The zero-order valence-corrected chi connectivity index (χ0v) is 22.5. The highest BCUT2D eigenvalue weighted by atomic mass is 19.1. The molecule has 37 heavy (non-hydrogen) atoms. The fraction of sp³-hybridized carbons (Fsp3) is 0.679. The number of esters is 3. The van der Waals surface area contributed by atoms with Crippen molar-refractivity contribution in [1.29, 1.82) is 0 Å². The molecular weight excluding hydrogens is 489 g/mol. The molecule has 1 unspecified atom stereocenters. The van der Waals surface area contributed by atoms with E-state index in [2.05, 4.69) is 6.92 Å². The number of rotatable bonds is 18. The van der Waals surface area contributed by atoms with Crippen molar-refractivity contribution in [2.24, 2.45) is 5.92 Å². The molecule has 0 aromatic heterocycles. The molecule has 0 fully saturated rings. The lowest BCUT2D eigenvalue weighted by molar-refractivity contribution is -0.353. The summed E-state index contributed by atoms with van der Waals surface area (Å²) in [5, 5.41) is 0. The second kappa shape index (κ2) is 17.0. The van der Waals surface area contributed by atoms with Crippen LogP contribution < -0.4 is 0 Å². The van der Waals surface area contributed by atoms with Crippen molar-refractivity contribution < 1.29 is 41.8 Å². The minimum Gasteiger partial charge on any atom is -0.388 e. The molecule has 9 heteroatoms. The fourth-order valence-corrected chi connectivity index (χ4v) is 4.44. The zero-order valence-electron chi connectivity index (χ0n) is 22.5. The molecule has 0 saturated heterocycles. The van der Waals surface area contributed by atoms with Gasteiger partial charge in [0.15, 0.2) is 0 Å².